The molecule has 1 heterocycles. The number of hydrogen-bond donors (Lipinski definition) is 2. The smallest absolute Gasteiger partial charge is 0.317 e. The Labute approximate surface area is 177 Å². The molecule has 0 aliphatic carbocycles. The first-order valence-electron chi connectivity index (χ1n) is 9.61. The highest BCUT2D eigenvalue weighted by Gasteiger charge is 2.23. The van der Waals surface area contributed by atoms with E-state index in [0.29, 0.717) is 11.6 Å². The average molecular weight is 418 g/mol. The Morgan fingerprint density at radius 1 is 1.07 bits per heavy atom. The third-order valence-electron chi connectivity index (χ3n) is 5.22. The SMILES string of the molecule is CN(CC(=O)O)C1CCN(Cc2ccc(C(=O)Nc3ccccc3)cc2)CC1.Cl. The van der Waals surface area contributed by atoms with Crippen LogP contribution in [0, 0.1) is 0 Å². The maximum atomic E-state index is 12.3. The van der Waals surface area contributed by atoms with Crippen LogP contribution in [0.5, 0.6) is 0 Å². The van der Waals surface area contributed by atoms with Crippen molar-refractivity contribution in [1.29, 1.82) is 0 Å². The summed E-state index contributed by atoms with van der Waals surface area (Å²) in [5.74, 6) is -0.888. The molecular weight excluding hydrogens is 390 g/mol. The molecular formula is C22H28ClN3O3. The second kappa shape index (κ2) is 11.0. The molecule has 156 valence electrons. The number of nitrogens with zero attached hydrogens (tertiary/aromatic N) is 2. The lowest BCUT2D eigenvalue weighted by Gasteiger charge is -2.36. The van der Waals surface area contributed by atoms with E-state index in [0.717, 1.165) is 38.2 Å². The number of anilines is 1. The minimum atomic E-state index is -0.777. The molecule has 1 aliphatic rings. The molecule has 0 radical (unpaired) electrons. The molecule has 6 nitrogen and oxygen atoms in total. The van der Waals surface area contributed by atoms with E-state index in [2.05, 4.69) is 10.2 Å². The molecule has 0 bridgehead atoms. The molecule has 1 fully saturated rings. The summed E-state index contributed by atoms with van der Waals surface area (Å²) >= 11 is 0. The molecule has 1 saturated heterocycles. The van der Waals surface area contributed by atoms with Gasteiger partial charge >= 0.3 is 5.97 Å². The summed E-state index contributed by atoms with van der Waals surface area (Å²) in [6.07, 6.45) is 1.95. The number of benzene rings is 2. The van der Waals surface area contributed by atoms with Crippen LogP contribution in [0.1, 0.15) is 28.8 Å². The van der Waals surface area contributed by atoms with Gasteiger partial charge in [0.15, 0.2) is 0 Å². The van der Waals surface area contributed by atoms with Crippen LogP contribution in [0.15, 0.2) is 54.6 Å². The number of aliphatic carboxylic acids is 1. The molecule has 29 heavy (non-hydrogen) atoms. The maximum Gasteiger partial charge on any atom is 0.317 e. The number of likely N-dealkylation sites (N-methyl/N-ethyl adjacent to an activating group) is 1. The number of carboxylic acid groups (broad SMARTS) is 1. The number of likely N-dealkylation sites (tertiary alicyclic amines) is 1. The summed E-state index contributed by atoms with van der Waals surface area (Å²) in [7, 11) is 1.88. The lowest BCUT2D eigenvalue weighted by molar-refractivity contribution is -0.138. The second-order valence-electron chi connectivity index (χ2n) is 7.33. The van der Waals surface area contributed by atoms with Crippen LogP contribution >= 0.6 is 12.4 Å². The number of hydrogen-bond acceptors (Lipinski definition) is 4. The minimum Gasteiger partial charge on any atom is -0.480 e. The standard InChI is InChI=1S/C22H27N3O3.ClH/c1-24(16-21(26)27)20-11-13-25(14-12-20)15-17-7-9-18(10-8-17)22(28)23-19-5-3-2-4-6-19;/h2-10,20H,11-16H2,1H3,(H,23,28)(H,26,27);1H. The first kappa shape index (κ1) is 22.9. The van der Waals surface area contributed by atoms with E-state index in [4.69, 9.17) is 5.11 Å². The second-order valence-corrected chi connectivity index (χ2v) is 7.33. The normalized spacial score (nSPS) is 15.0. The van der Waals surface area contributed by atoms with Crippen LogP contribution < -0.4 is 5.32 Å². The number of nitrogens with one attached hydrogen (secondary N) is 1. The van der Waals surface area contributed by atoms with E-state index in [-0.39, 0.29) is 24.9 Å². The number of carbonyl (C=O) groups excluding carboxylic acids is 1. The number of para-hydroxylation sites is 1. The molecule has 3 rings (SSSR count). The Balaban J connectivity index is 0.00000300. The number of carboxylic acids is 1. The molecule has 0 atom stereocenters. The van der Waals surface area contributed by atoms with E-state index >= 15 is 0 Å². The zero-order valence-corrected chi connectivity index (χ0v) is 17.4. The van der Waals surface area contributed by atoms with Crippen LogP contribution in [-0.4, -0.2) is 59.5 Å². The fourth-order valence-corrected chi connectivity index (χ4v) is 3.61. The van der Waals surface area contributed by atoms with Crippen molar-refractivity contribution < 1.29 is 14.7 Å². The molecule has 0 unspecified atom stereocenters. The van der Waals surface area contributed by atoms with Gasteiger partial charge in [-0.15, -0.1) is 12.4 Å². The molecule has 0 saturated carbocycles. The first-order valence-corrected chi connectivity index (χ1v) is 9.61. The monoisotopic (exact) mass is 417 g/mol. The zero-order valence-electron chi connectivity index (χ0n) is 16.6. The van der Waals surface area contributed by atoms with E-state index in [1.165, 1.54) is 5.56 Å². The highest BCUT2D eigenvalue weighted by molar-refractivity contribution is 6.04. The Bertz CT molecular complexity index is 791. The van der Waals surface area contributed by atoms with E-state index in [1.54, 1.807) is 0 Å². The number of carbonyl (C=O) groups is 2. The highest BCUT2D eigenvalue weighted by atomic mass is 35.5. The van der Waals surface area contributed by atoms with Gasteiger partial charge in [-0.2, -0.15) is 0 Å². The van der Waals surface area contributed by atoms with Gasteiger partial charge in [0.25, 0.3) is 5.91 Å². The molecule has 1 amide bonds. The molecule has 1 aliphatic heterocycles. The van der Waals surface area contributed by atoms with Gasteiger partial charge < -0.3 is 10.4 Å². The number of piperidine rings is 1. The average Bonchev–Trinajstić information content (AvgIpc) is 2.69. The number of amides is 1. The van der Waals surface area contributed by atoms with Gasteiger partial charge in [-0.1, -0.05) is 30.3 Å². The summed E-state index contributed by atoms with van der Waals surface area (Å²) in [4.78, 5) is 27.5. The van der Waals surface area contributed by atoms with Gasteiger partial charge in [0.2, 0.25) is 0 Å². The molecule has 2 N–H and O–H groups in total. The fourth-order valence-electron chi connectivity index (χ4n) is 3.61. The van der Waals surface area contributed by atoms with Crippen molar-refractivity contribution in [2.45, 2.75) is 25.4 Å². The van der Waals surface area contributed by atoms with Gasteiger partial charge in [-0.25, -0.2) is 0 Å². The lowest BCUT2D eigenvalue weighted by atomic mass is 10.0. The summed E-state index contributed by atoms with van der Waals surface area (Å²) in [6, 6.07) is 17.5. The Morgan fingerprint density at radius 2 is 1.69 bits per heavy atom. The van der Waals surface area contributed by atoms with Crippen molar-refractivity contribution in [3.05, 3.63) is 65.7 Å². The maximum absolute atomic E-state index is 12.3. The van der Waals surface area contributed by atoms with Crippen molar-refractivity contribution in [3.8, 4) is 0 Å². The predicted molar refractivity (Wildman–Crippen MR) is 117 cm³/mol. The molecule has 0 spiro atoms. The van der Waals surface area contributed by atoms with Crippen LogP contribution in [0.3, 0.4) is 0 Å². The summed E-state index contributed by atoms with van der Waals surface area (Å²) in [5, 5.41) is 11.8. The Morgan fingerprint density at radius 3 is 2.28 bits per heavy atom. The molecule has 0 aromatic heterocycles. The van der Waals surface area contributed by atoms with Gasteiger partial charge in [-0.3, -0.25) is 19.4 Å². The van der Waals surface area contributed by atoms with Gasteiger partial charge in [0.05, 0.1) is 6.54 Å². The quantitative estimate of drug-likeness (QED) is 0.722. The summed E-state index contributed by atoms with van der Waals surface area (Å²) in [6.45, 7) is 2.84. The van der Waals surface area contributed by atoms with Crippen LogP contribution in [0.4, 0.5) is 5.69 Å². The minimum absolute atomic E-state index is 0. The van der Waals surface area contributed by atoms with Crippen molar-refractivity contribution >= 4 is 30.0 Å². The van der Waals surface area contributed by atoms with Crippen molar-refractivity contribution in [2.24, 2.45) is 0 Å². The van der Waals surface area contributed by atoms with Crippen molar-refractivity contribution in [1.82, 2.24) is 9.80 Å². The number of halogens is 1. The van der Waals surface area contributed by atoms with Crippen molar-refractivity contribution in [3.63, 3.8) is 0 Å². The molecule has 7 heteroatoms. The fraction of sp³-hybridized carbons (Fsp3) is 0.364. The van der Waals surface area contributed by atoms with Crippen molar-refractivity contribution in [2.75, 3.05) is 32.0 Å². The van der Waals surface area contributed by atoms with Crippen LogP contribution in [-0.2, 0) is 11.3 Å². The van der Waals surface area contributed by atoms with E-state index in [1.807, 2.05) is 66.5 Å². The van der Waals surface area contributed by atoms with Gasteiger partial charge in [0.1, 0.15) is 0 Å². The van der Waals surface area contributed by atoms with E-state index < -0.39 is 5.97 Å². The first-order chi connectivity index (χ1) is 13.5. The largest absolute Gasteiger partial charge is 0.480 e. The zero-order chi connectivity index (χ0) is 19.9. The van der Waals surface area contributed by atoms with Crippen LogP contribution in [0.2, 0.25) is 0 Å². The Kier molecular flexibility index (Phi) is 8.64. The highest BCUT2D eigenvalue weighted by Crippen LogP contribution is 2.18. The summed E-state index contributed by atoms with van der Waals surface area (Å²) < 4.78 is 0. The number of rotatable bonds is 7. The molecule has 2 aromatic rings. The topological polar surface area (TPSA) is 72.9 Å². The molecule has 2 aromatic carbocycles. The van der Waals surface area contributed by atoms with Gasteiger partial charge in [-0.05, 0) is 62.8 Å². The van der Waals surface area contributed by atoms with Gasteiger partial charge in [0, 0.05) is 23.8 Å². The predicted octanol–water partition coefficient (Wildman–Crippen LogP) is 3.34. The third-order valence-corrected chi connectivity index (χ3v) is 5.22. The Hall–Kier alpha value is -2.41. The summed E-state index contributed by atoms with van der Waals surface area (Å²) in [5.41, 5.74) is 2.60. The third kappa shape index (κ3) is 6.85. The lowest BCUT2D eigenvalue weighted by Crippen LogP contribution is -2.44. The van der Waals surface area contributed by atoms with E-state index in [9.17, 15) is 9.59 Å². The van der Waals surface area contributed by atoms with Crippen LogP contribution in [0.25, 0.3) is 0 Å².